The molecule has 0 radical (unpaired) electrons. The third-order valence-electron chi connectivity index (χ3n) is 2.69. The fourth-order valence-corrected chi connectivity index (χ4v) is 1.70. The van der Waals surface area contributed by atoms with Gasteiger partial charge in [0.15, 0.2) is 0 Å². The molecule has 0 aliphatic carbocycles. The Bertz CT molecular complexity index is 655. The monoisotopic (exact) mass is 284 g/mol. The van der Waals surface area contributed by atoms with E-state index in [0.29, 0.717) is 11.4 Å². The van der Waals surface area contributed by atoms with E-state index >= 15 is 0 Å². The first-order valence-corrected chi connectivity index (χ1v) is 6.45. The van der Waals surface area contributed by atoms with E-state index < -0.39 is 5.91 Å². The van der Waals surface area contributed by atoms with Gasteiger partial charge < -0.3 is 15.1 Å². The lowest BCUT2D eigenvalue weighted by Crippen LogP contribution is -2.28. The van der Waals surface area contributed by atoms with Gasteiger partial charge in [0.25, 0.3) is 5.91 Å². The molecule has 5 nitrogen and oxygen atoms in total. The number of aryl methyl sites for hydroxylation is 1. The molecule has 0 atom stereocenters. The van der Waals surface area contributed by atoms with Crippen LogP contribution in [0.15, 0.2) is 52.8 Å². The Hall–Kier alpha value is -2.82. The van der Waals surface area contributed by atoms with Gasteiger partial charge in [-0.2, -0.15) is 0 Å². The van der Waals surface area contributed by atoms with Gasteiger partial charge in [-0.05, 0) is 31.2 Å². The van der Waals surface area contributed by atoms with Gasteiger partial charge in [0.05, 0.1) is 6.26 Å². The minimum atomic E-state index is -0.412. The maximum Gasteiger partial charge on any atom is 0.272 e. The Morgan fingerprint density at radius 2 is 1.86 bits per heavy atom. The van der Waals surface area contributed by atoms with E-state index in [9.17, 15) is 9.59 Å². The standard InChI is InChI=1S/C16H16N2O3/c1-11-5-7-13(8-6-11)18-16(20)15(17-12(2)19)10-14-4-3-9-21-14/h3-10H,1-2H3,(H,17,19)(H,18,20)/b15-10+. The Balaban J connectivity index is 2.18. The van der Waals surface area contributed by atoms with Crippen LogP contribution in [0.1, 0.15) is 18.2 Å². The van der Waals surface area contributed by atoms with Gasteiger partial charge in [0, 0.05) is 18.7 Å². The minimum absolute atomic E-state index is 0.123. The van der Waals surface area contributed by atoms with Gasteiger partial charge >= 0.3 is 0 Å². The molecule has 0 saturated heterocycles. The fourth-order valence-electron chi connectivity index (χ4n) is 1.70. The van der Waals surface area contributed by atoms with Crippen LogP contribution < -0.4 is 10.6 Å². The quantitative estimate of drug-likeness (QED) is 0.848. The molecule has 0 bridgehead atoms. The highest BCUT2D eigenvalue weighted by molar-refractivity contribution is 6.08. The maximum atomic E-state index is 12.2. The zero-order chi connectivity index (χ0) is 15.2. The van der Waals surface area contributed by atoms with E-state index in [0.717, 1.165) is 5.56 Å². The Kier molecular flexibility index (Phi) is 4.56. The molecule has 0 fully saturated rings. The molecule has 2 amide bonds. The first-order chi connectivity index (χ1) is 10.0. The molecule has 5 heteroatoms. The lowest BCUT2D eigenvalue weighted by Gasteiger charge is -2.09. The van der Waals surface area contributed by atoms with Crippen LogP contribution in [0.4, 0.5) is 5.69 Å². The number of carbonyl (C=O) groups is 2. The van der Waals surface area contributed by atoms with Crippen LogP contribution in [-0.4, -0.2) is 11.8 Å². The predicted octanol–water partition coefficient (Wildman–Crippen LogP) is 2.70. The molecule has 1 aromatic carbocycles. The van der Waals surface area contributed by atoms with Crippen molar-refractivity contribution in [2.75, 3.05) is 5.32 Å². The molecule has 0 aliphatic rings. The number of hydrogen-bond donors (Lipinski definition) is 2. The molecule has 2 N–H and O–H groups in total. The van der Waals surface area contributed by atoms with Crippen molar-refractivity contribution >= 4 is 23.6 Å². The van der Waals surface area contributed by atoms with E-state index in [4.69, 9.17) is 4.42 Å². The highest BCUT2D eigenvalue weighted by Crippen LogP contribution is 2.11. The topological polar surface area (TPSA) is 71.3 Å². The van der Waals surface area contributed by atoms with Crippen LogP contribution in [0.3, 0.4) is 0 Å². The maximum absolute atomic E-state index is 12.2. The van der Waals surface area contributed by atoms with Gasteiger partial charge in [-0.15, -0.1) is 0 Å². The summed E-state index contributed by atoms with van der Waals surface area (Å²) in [6.45, 7) is 3.31. The number of benzene rings is 1. The first-order valence-electron chi connectivity index (χ1n) is 6.45. The van der Waals surface area contributed by atoms with Crippen LogP contribution >= 0.6 is 0 Å². The number of nitrogens with one attached hydrogen (secondary N) is 2. The summed E-state index contributed by atoms with van der Waals surface area (Å²) in [6, 6.07) is 10.8. The second-order valence-electron chi connectivity index (χ2n) is 4.57. The lowest BCUT2D eigenvalue weighted by molar-refractivity contribution is -0.120. The van der Waals surface area contributed by atoms with Crippen molar-refractivity contribution in [1.29, 1.82) is 0 Å². The van der Waals surface area contributed by atoms with Crippen molar-refractivity contribution in [3.8, 4) is 0 Å². The number of hydrogen-bond acceptors (Lipinski definition) is 3. The van der Waals surface area contributed by atoms with Crippen LogP contribution in [-0.2, 0) is 9.59 Å². The zero-order valence-electron chi connectivity index (χ0n) is 11.8. The Labute approximate surface area is 122 Å². The number of carbonyl (C=O) groups excluding carboxylic acids is 2. The summed E-state index contributed by atoms with van der Waals surface area (Å²) >= 11 is 0. The van der Waals surface area contributed by atoms with Gasteiger partial charge in [0.1, 0.15) is 11.5 Å². The molecular weight excluding hydrogens is 268 g/mol. The van der Waals surface area contributed by atoms with E-state index in [1.54, 1.807) is 24.3 Å². The van der Waals surface area contributed by atoms with Gasteiger partial charge in [0.2, 0.25) is 5.91 Å². The summed E-state index contributed by atoms with van der Waals surface area (Å²) in [6.07, 6.45) is 2.97. The number of anilines is 1. The third-order valence-corrected chi connectivity index (χ3v) is 2.69. The Morgan fingerprint density at radius 3 is 2.43 bits per heavy atom. The van der Waals surface area contributed by atoms with Crippen molar-refractivity contribution in [1.82, 2.24) is 5.32 Å². The summed E-state index contributed by atoms with van der Waals surface area (Å²) in [5.41, 5.74) is 1.88. The fraction of sp³-hybridized carbons (Fsp3) is 0.125. The molecule has 2 aromatic rings. The molecule has 0 spiro atoms. The lowest BCUT2D eigenvalue weighted by atomic mass is 10.2. The van der Waals surface area contributed by atoms with Crippen LogP contribution in [0, 0.1) is 6.92 Å². The van der Waals surface area contributed by atoms with Crippen molar-refractivity contribution in [3.63, 3.8) is 0 Å². The second kappa shape index (κ2) is 6.56. The van der Waals surface area contributed by atoms with Crippen molar-refractivity contribution < 1.29 is 14.0 Å². The molecule has 21 heavy (non-hydrogen) atoms. The van der Waals surface area contributed by atoms with Crippen molar-refractivity contribution in [2.45, 2.75) is 13.8 Å². The number of furan rings is 1. The first kappa shape index (κ1) is 14.6. The smallest absolute Gasteiger partial charge is 0.272 e. The molecule has 0 aliphatic heterocycles. The molecule has 1 aromatic heterocycles. The average Bonchev–Trinajstić information content (AvgIpc) is 2.93. The van der Waals surface area contributed by atoms with E-state index in [1.165, 1.54) is 19.3 Å². The molecule has 1 heterocycles. The summed E-state index contributed by atoms with van der Waals surface area (Å²) in [7, 11) is 0. The van der Waals surface area contributed by atoms with Crippen LogP contribution in [0.2, 0.25) is 0 Å². The molecule has 0 unspecified atom stereocenters. The average molecular weight is 284 g/mol. The molecule has 108 valence electrons. The Morgan fingerprint density at radius 1 is 1.14 bits per heavy atom. The highest BCUT2D eigenvalue weighted by Gasteiger charge is 2.12. The summed E-state index contributed by atoms with van der Waals surface area (Å²) in [5, 5.41) is 5.22. The van der Waals surface area contributed by atoms with Crippen LogP contribution in [0.25, 0.3) is 6.08 Å². The second-order valence-corrected chi connectivity index (χ2v) is 4.57. The number of rotatable bonds is 4. The van der Waals surface area contributed by atoms with Gasteiger partial charge in [-0.25, -0.2) is 0 Å². The normalized spacial score (nSPS) is 11.0. The number of amides is 2. The van der Waals surface area contributed by atoms with E-state index in [1.807, 2.05) is 19.1 Å². The third kappa shape index (κ3) is 4.35. The van der Waals surface area contributed by atoms with Crippen molar-refractivity contribution in [3.05, 3.63) is 59.7 Å². The zero-order valence-corrected chi connectivity index (χ0v) is 11.8. The molecular formula is C16H16N2O3. The minimum Gasteiger partial charge on any atom is -0.465 e. The summed E-state index contributed by atoms with van der Waals surface area (Å²) in [4.78, 5) is 23.4. The van der Waals surface area contributed by atoms with E-state index in [2.05, 4.69) is 10.6 Å². The van der Waals surface area contributed by atoms with E-state index in [-0.39, 0.29) is 11.6 Å². The van der Waals surface area contributed by atoms with Gasteiger partial charge in [-0.3, -0.25) is 9.59 Å². The largest absolute Gasteiger partial charge is 0.465 e. The molecule has 0 saturated carbocycles. The predicted molar refractivity (Wildman–Crippen MR) is 80.3 cm³/mol. The SMILES string of the molecule is CC(=O)N/C(=C/c1ccco1)C(=O)Nc1ccc(C)cc1. The van der Waals surface area contributed by atoms with Gasteiger partial charge in [-0.1, -0.05) is 17.7 Å². The van der Waals surface area contributed by atoms with Crippen LogP contribution in [0.5, 0.6) is 0 Å². The molecule has 2 rings (SSSR count). The summed E-state index contributed by atoms with van der Waals surface area (Å²) in [5.74, 6) is -0.255. The van der Waals surface area contributed by atoms with Crippen molar-refractivity contribution in [2.24, 2.45) is 0 Å². The summed E-state index contributed by atoms with van der Waals surface area (Å²) < 4.78 is 5.15. The highest BCUT2D eigenvalue weighted by atomic mass is 16.3.